The fourth-order valence-electron chi connectivity index (χ4n) is 1.40. The average Bonchev–Trinajstić information content (AvgIpc) is 2.34. The predicted octanol–water partition coefficient (Wildman–Crippen LogP) is 4.06. The molecule has 0 radical (unpaired) electrons. The maximum Gasteiger partial charge on any atom is 0.255 e. The van der Waals surface area contributed by atoms with Crippen molar-refractivity contribution < 1.29 is 9.90 Å². The monoisotopic (exact) mass is 325 g/mol. The van der Waals surface area contributed by atoms with Gasteiger partial charge in [0.15, 0.2) is 0 Å². The van der Waals surface area contributed by atoms with Gasteiger partial charge in [-0.3, -0.25) is 4.79 Å². The van der Waals surface area contributed by atoms with Crippen molar-refractivity contribution in [2.45, 2.75) is 0 Å². The van der Waals surface area contributed by atoms with E-state index in [2.05, 4.69) is 21.2 Å². The molecule has 0 aliphatic heterocycles. The smallest absolute Gasteiger partial charge is 0.255 e. The summed E-state index contributed by atoms with van der Waals surface area (Å²) < 4.78 is 0.893. The van der Waals surface area contributed by atoms with Crippen molar-refractivity contribution in [1.29, 1.82) is 0 Å². The normalized spacial score (nSPS) is 10.1. The number of carbonyl (C=O) groups excluding carboxylic acids is 1. The molecule has 5 heteroatoms. The zero-order chi connectivity index (χ0) is 13.1. The van der Waals surface area contributed by atoms with E-state index in [1.165, 1.54) is 12.1 Å². The summed E-state index contributed by atoms with van der Waals surface area (Å²) in [7, 11) is 0. The first-order chi connectivity index (χ1) is 8.56. The molecule has 0 aromatic heterocycles. The zero-order valence-corrected chi connectivity index (χ0v) is 11.5. The number of aromatic hydroxyl groups is 1. The van der Waals surface area contributed by atoms with Gasteiger partial charge in [0.1, 0.15) is 5.75 Å². The molecule has 0 spiro atoms. The molecule has 0 unspecified atom stereocenters. The van der Waals surface area contributed by atoms with Crippen LogP contribution in [-0.4, -0.2) is 11.0 Å². The number of halogens is 2. The largest absolute Gasteiger partial charge is 0.506 e. The Bertz CT molecular complexity index is 584. The summed E-state index contributed by atoms with van der Waals surface area (Å²) in [5.41, 5.74) is 0.785. The summed E-state index contributed by atoms with van der Waals surface area (Å²) in [6.07, 6.45) is 0. The second-order valence-electron chi connectivity index (χ2n) is 3.62. The summed E-state index contributed by atoms with van der Waals surface area (Å²) in [4.78, 5) is 11.9. The first-order valence-electron chi connectivity index (χ1n) is 5.12. The van der Waals surface area contributed by atoms with Crippen LogP contribution in [0.2, 0.25) is 5.02 Å². The minimum atomic E-state index is -0.305. The van der Waals surface area contributed by atoms with Crippen molar-refractivity contribution in [3.05, 3.63) is 57.5 Å². The van der Waals surface area contributed by atoms with Gasteiger partial charge in [0.2, 0.25) is 0 Å². The van der Waals surface area contributed by atoms with Crippen molar-refractivity contribution >= 4 is 39.1 Å². The highest BCUT2D eigenvalue weighted by molar-refractivity contribution is 9.10. The van der Waals surface area contributed by atoms with Crippen molar-refractivity contribution in [2.24, 2.45) is 0 Å². The second-order valence-corrected chi connectivity index (χ2v) is 4.97. The minimum Gasteiger partial charge on any atom is -0.506 e. The number of phenolic OH excluding ortho intramolecular Hbond substituents is 1. The van der Waals surface area contributed by atoms with E-state index in [-0.39, 0.29) is 17.3 Å². The number of amides is 1. The Hall–Kier alpha value is -1.52. The Morgan fingerprint density at radius 1 is 1.17 bits per heavy atom. The van der Waals surface area contributed by atoms with Gasteiger partial charge in [-0.05, 0) is 42.5 Å². The maximum atomic E-state index is 11.9. The van der Waals surface area contributed by atoms with Gasteiger partial charge in [-0.1, -0.05) is 27.5 Å². The first-order valence-corrected chi connectivity index (χ1v) is 6.29. The fraction of sp³-hybridized carbons (Fsp3) is 0. The number of hydrogen-bond acceptors (Lipinski definition) is 2. The van der Waals surface area contributed by atoms with Gasteiger partial charge in [-0.15, -0.1) is 0 Å². The lowest BCUT2D eigenvalue weighted by Crippen LogP contribution is -2.11. The standard InChI is InChI=1S/C13H9BrClNO2/c14-9-3-1-8(2-4-9)13(18)16-11-7-10(15)5-6-12(11)17/h1-7,17H,(H,16,18). The molecule has 3 nitrogen and oxygen atoms in total. The zero-order valence-electron chi connectivity index (χ0n) is 9.15. The Morgan fingerprint density at radius 3 is 2.50 bits per heavy atom. The number of rotatable bonds is 2. The number of benzene rings is 2. The molecule has 0 saturated heterocycles. The lowest BCUT2D eigenvalue weighted by atomic mass is 10.2. The third-order valence-corrected chi connectivity index (χ3v) is 3.08. The van der Waals surface area contributed by atoms with Crippen LogP contribution in [0.5, 0.6) is 5.75 Å². The van der Waals surface area contributed by atoms with Gasteiger partial charge in [0, 0.05) is 15.1 Å². The van der Waals surface area contributed by atoms with Crippen molar-refractivity contribution in [2.75, 3.05) is 5.32 Å². The van der Waals surface area contributed by atoms with E-state index < -0.39 is 0 Å². The predicted molar refractivity (Wildman–Crippen MR) is 75.2 cm³/mol. The van der Waals surface area contributed by atoms with Crippen LogP contribution in [0.4, 0.5) is 5.69 Å². The minimum absolute atomic E-state index is 0.0233. The molecule has 0 atom stereocenters. The third kappa shape index (κ3) is 3.03. The summed E-state index contributed by atoms with van der Waals surface area (Å²) in [6.45, 7) is 0. The van der Waals surface area contributed by atoms with Crippen molar-refractivity contribution in [1.82, 2.24) is 0 Å². The molecular weight excluding hydrogens is 318 g/mol. The molecule has 0 fully saturated rings. The molecule has 0 aliphatic rings. The lowest BCUT2D eigenvalue weighted by molar-refractivity contribution is 0.102. The first kappa shape index (κ1) is 12.9. The molecule has 18 heavy (non-hydrogen) atoms. The van der Waals surface area contributed by atoms with Gasteiger partial charge >= 0.3 is 0 Å². The molecule has 92 valence electrons. The van der Waals surface area contributed by atoms with E-state index in [1.807, 2.05) is 0 Å². The Morgan fingerprint density at radius 2 is 1.83 bits per heavy atom. The topological polar surface area (TPSA) is 49.3 Å². The highest BCUT2D eigenvalue weighted by atomic mass is 79.9. The van der Waals surface area contributed by atoms with Gasteiger partial charge in [0.25, 0.3) is 5.91 Å². The van der Waals surface area contributed by atoms with E-state index in [0.717, 1.165) is 4.47 Å². The van der Waals surface area contributed by atoms with E-state index in [0.29, 0.717) is 10.6 Å². The number of carbonyl (C=O) groups is 1. The van der Waals surface area contributed by atoms with Crippen LogP contribution in [-0.2, 0) is 0 Å². The highest BCUT2D eigenvalue weighted by Gasteiger charge is 2.09. The fourth-order valence-corrected chi connectivity index (χ4v) is 1.84. The van der Waals surface area contributed by atoms with E-state index >= 15 is 0 Å². The summed E-state index contributed by atoms with van der Waals surface area (Å²) in [5.74, 6) is -0.329. The summed E-state index contributed by atoms with van der Waals surface area (Å²) in [6, 6.07) is 11.4. The molecule has 2 rings (SSSR count). The average molecular weight is 327 g/mol. The molecule has 1 amide bonds. The molecule has 2 aromatic carbocycles. The van der Waals surface area contributed by atoms with Gasteiger partial charge in [0.05, 0.1) is 5.69 Å². The molecule has 2 aromatic rings. The summed E-state index contributed by atoms with van der Waals surface area (Å²) >= 11 is 9.09. The number of nitrogens with one attached hydrogen (secondary N) is 1. The van der Waals surface area contributed by atoms with Crippen molar-refractivity contribution in [3.8, 4) is 5.75 Å². The Balaban J connectivity index is 2.21. The lowest BCUT2D eigenvalue weighted by Gasteiger charge is -2.07. The highest BCUT2D eigenvalue weighted by Crippen LogP contribution is 2.27. The van der Waals surface area contributed by atoms with Gasteiger partial charge in [-0.25, -0.2) is 0 Å². The Labute approximate surface area is 118 Å². The van der Waals surface area contributed by atoms with E-state index in [1.54, 1.807) is 30.3 Å². The summed E-state index contributed by atoms with van der Waals surface area (Å²) in [5, 5.41) is 12.6. The SMILES string of the molecule is O=C(Nc1cc(Cl)ccc1O)c1ccc(Br)cc1. The van der Waals surface area contributed by atoms with Crippen LogP contribution in [0.25, 0.3) is 0 Å². The van der Waals surface area contributed by atoms with E-state index in [9.17, 15) is 9.90 Å². The van der Waals surface area contributed by atoms with E-state index in [4.69, 9.17) is 11.6 Å². The molecule has 0 saturated carbocycles. The molecule has 0 aliphatic carbocycles. The van der Waals surface area contributed by atoms with Gasteiger partial charge < -0.3 is 10.4 Å². The van der Waals surface area contributed by atoms with Crippen LogP contribution in [0.3, 0.4) is 0 Å². The van der Waals surface area contributed by atoms with Gasteiger partial charge in [-0.2, -0.15) is 0 Å². The van der Waals surface area contributed by atoms with Crippen LogP contribution < -0.4 is 5.32 Å². The van der Waals surface area contributed by atoms with Crippen molar-refractivity contribution in [3.63, 3.8) is 0 Å². The molecular formula is C13H9BrClNO2. The number of hydrogen-bond donors (Lipinski definition) is 2. The van der Waals surface area contributed by atoms with Crippen LogP contribution in [0.15, 0.2) is 46.9 Å². The third-order valence-electron chi connectivity index (χ3n) is 2.31. The maximum absolute atomic E-state index is 11.9. The van der Waals surface area contributed by atoms with Crippen LogP contribution >= 0.6 is 27.5 Å². The molecule has 0 heterocycles. The number of anilines is 1. The Kier molecular flexibility index (Phi) is 3.89. The molecule has 2 N–H and O–H groups in total. The quantitative estimate of drug-likeness (QED) is 0.818. The van der Waals surface area contributed by atoms with Crippen LogP contribution in [0, 0.1) is 0 Å². The number of phenols is 1. The van der Waals surface area contributed by atoms with Crippen LogP contribution in [0.1, 0.15) is 10.4 Å². The second kappa shape index (κ2) is 5.42. The molecule has 0 bridgehead atoms.